The van der Waals surface area contributed by atoms with E-state index in [2.05, 4.69) is 29.0 Å². The molecule has 0 atom stereocenters. The highest BCUT2D eigenvalue weighted by Crippen LogP contribution is 2.47. The van der Waals surface area contributed by atoms with E-state index in [0.717, 1.165) is 36.3 Å². The van der Waals surface area contributed by atoms with Gasteiger partial charge in [0.25, 0.3) is 5.91 Å². The first-order valence-corrected chi connectivity index (χ1v) is 10.2. The number of carbonyl (C=O) groups is 1. The van der Waals surface area contributed by atoms with Gasteiger partial charge < -0.3 is 5.32 Å². The molecule has 5 rings (SSSR count). The van der Waals surface area contributed by atoms with Crippen LogP contribution in [0.25, 0.3) is 11.1 Å². The summed E-state index contributed by atoms with van der Waals surface area (Å²) in [5.74, 6) is -0.0280. The van der Waals surface area contributed by atoms with E-state index in [1.807, 2.05) is 6.07 Å². The van der Waals surface area contributed by atoms with Gasteiger partial charge >= 0.3 is 0 Å². The molecule has 2 N–H and O–H groups in total. The van der Waals surface area contributed by atoms with Gasteiger partial charge in [0.1, 0.15) is 0 Å². The molecule has 3 aliphatic rings. The normalized spacial score (nSPS) is 20.2. The van der Waals surface area contributed by atoms with Crippen molar-refractivity contribution >= 4 is 23.2 Å². The Kier molecular flexibility index (Phi) is 4.14. The Morgan fingerprint density at radius 1 is 1.15 bits per heavy atom. The lowest BCUT2D eigenvalue weighted by molar-refractivity contribution is 0.0951. The van der Waals surface area contributed by atoms with Crippen molar-refractivity contribution in [2.24, 2.45) is 0 Å². The third-order valence-electron chi connectivity index (χ3n) is 6.13. The van der Waals surface area contributed by atoms with Gasteiger partial charge in [-0.3, -0.25) is 15.1 Å². The lowest BCUT2D eigenvalue weighted by atomic mass is 9.77. The summed E-state index contributed by atoms with van der Waals surface area (Å²) in [6, 6.07) is 12.2. The van der Waals surface area contributed by atoms with Crippen molar-refractivity contribution in [3.05, 3.63) is 52.5 Å². The van der Waals surface area contributed by atoms with Crippen LogP contribution in [0.1, 0.15) is 54.4 Å². The molecule has 2 saturated carbocycles. The summed E-state index contributed by atoms with van der Waals surface area (Å²) in [5.41, 5.74) is 8.11. The summed E-state index contributed by atoms with van der Waals surface area (Å²) in [6.45, 7) is 0.733. The van der Waals surface area contributed by atoms with Gasteiger partial charge in [0.2, 0.25) is 0 Å². The lowest BCUT2D eigenvalue weighted by Crippen LogP contribution is -2.35. The fourth-order valence-electron chi connectivity index (χ4n) is 4.44. The first kappa shape index (κ1) is 17.1. The van der Waals surface area contributed by atoms with Crippen molar-refractivity contribution < 1.29 is 9.63 Å². The molecule has 1 amide bonds. The number of carbonyl (C=O) groups excluding carboxylic acids is 1. The summed E-state index contributed by atoms with van der Waals surface area (Å²) in [5, 5.41) is 3.68. The van der Waals surface area contributed by atoms with Crippen LogP contribution in [0.15, 0.2) is 36.4 Å². The Hall–Kier alpha value is -2.04. The zero-order valence-electron chi connectivity index (χ0n) is 15.2. The van der Waals surface area contributed by atoms with Crippen LogP contribution in [-0.2, 0) is 10.3 Å². The van der Waals surface area contributed by atoms with Gasteiger partial charge in [-0.05, 0) is 61.1 Å². The van der Waals surface area contributed by atoms with E-state index in [1.165, 1.54) is 31.2 Å². The van der Waals surface area contributed by atoms with Gasteiger partial charge in [-0.25, -0.2) is 0 Å². The molecule has 5 heteroatoms. The second-order valence-corrected chi connectivity index (χ2v) is 8.49. The van der Waals surface area contributed by atoms with Gasteiger partial charge in [-0.1, -0.05) is 36.6 Å². The molecule has 140 valence electrons. The van der Waals surface area contributed by atoms with Crippen LogP contribution in [0.5, 0.6) is 0 Å². The monoisotopic (exact) mass is 382 g/mol. The molecule has 1 spiro atoms. The van der Waals surface area contributed by atoms with Gasteiger partial charge in [0.05, 0.1) is 12.3 Å². The zero-order chi connectivity index (χ0) is 18.4. The second-order valence-electron chi connectivity index (χ2n) is 8.08. The quantitative estimate of drug-likeness (QED) is 0.779. The molecule has 0 aromatic heterocycles. The summed E-state index contributed by atoms with van der Waals surface area (Å²) >= 11 is 6.47. The first-order chi connectivity index (χ1) is 13.1. The maximum atomic E-state index is 12.4. The van der Waals surface area contributed by atoms with Crippen LogP contribution in [0.4, 0.5) is 5.69 Å². The van der Waals surface area contributed by atoms with Crippen molar-refractivity contribution in [2.45, 2.75) is 50.0 Å². The third-order valence-corrected chi connectivity index (χ3v) is 6.46. The number of rotatable bonds is 3. The Balaban J connectivity index is 1.50. The van der Waals surface area contributed by atoms with Crippen LogP contribution < -0.4 is 10.8 Å². The fourth-order valence-corrected chi connectivity index (χ4v) is 4.66. The molecule has 1 aliphatic heterocycles. The molecule has 2 aromatic carbocycles. The Morgan fingerprint density at radius 3 is 2.74 bits per heavy atom. The first-order valence-electron chi connectivity index (χ1n) is 9.78. The minimum Gasteiger partial charge on any atom is -0.349 e. The van der Waals surface area contributed by atoms with E-state index in [1.54, 1.807) is 12.1 Å². The fraction of sp³-hybridized carbons (Fsp3) is 0.409. The summed E-state index contributed by atoms with van der Waals surface area (Å²) < 4.78 is 0. The summed E-state index contributed by atoms with van der Waals surface area (Å²) in [7, 11) is 0. The topological polar surface area (TPSA) is 50.4 Å². The molecule has 0 radical (unpaired) electrons. The van der Waals surface area contributed by atoms with Crippen molar-refractivity contribution in [1.29, 1.82) is 0 Å². The van der Waals surface area contributed by atoms with Gasteiger partial charge in [-0.15, -0.1) is 0 Å². The molecule has 2 aliphatic carbocycles. The molecule has 0 bridgehead atoms. The Morgan fingerprint density at radius 2 is 1.96 bits per heavy atom. The van der Waals surface area contributed by atoms with Crippen LogP contribution >= 0.6 is 11.6 Å². The van der Waals surface area contributed by atoms with Crippen molar-refractivity contribution in [2.75, 3.05) is 12.1 Å². The molecule has 0 unspecified atom stereocenters. The minimum absolute atomic E-state index is 0.0280. The van der Waals surface area contributed by atoms with Crippen LogP contribution in [0.2, 0.25) is 5.02 Å². The van der Waals surface area contributed by atoms with Crippen LogP contribution in [-0.4, -0.2) is 18.6 Å². The molecular weight excluding hydrogens is 360 g/mol. The van der Waals surface area contributed by atoms with Crippen molar-refractivity contribution in [3.63, 3.8) is 0 Å². The van der Waals surface area contributed by atoms with Crippen LogP contribution in [0, 0.1) is 0 Å². The maximum Gasteiger partial charge on any atom is 0.251 e. The molecule has 2 fully saturated rings. The number of benzene rings is 2. The van der Waals surface area contributed by atoms with E-state index in [4.69, 9.17) is 16.4 Å². The number of nitrogens with one attached hydrogen (secondary N) is 2. The van der Waals surface area contributed by atoms with Crippen molar-refractivity contribution in [1.82, 2.24) is 5.32 Å². The predicted molar refractivity (Wildman–Crippen MR) is 107 cm³/mol. The maximum absolute atomic E-state index is 12.4. The summed E-state index contributed by atoms with van der Waals surface area (Å²) in [4.78, 5) is 18.1. The van der Waals surface area contributed by atoms with E-state index < -0.39 is 0 Å². The molecule has 0 saturated heterocycles. The minimum atomic E-state index is -0.0280. The average Bonchev–Trinajstić information content (AvgIpc) is 3.38. The standard InChI is InChI=1S/C22H23ClN2O2/c23-19-8-4-15(21(26)24-16-5-6-16)11-17(19)14-3-7-18-20(12-14)25-27-13-22(18)9-1-2-10-22/h3-4,7-8,11-12,16,25H,1-2,5-6,9-10,13H2,(H,24,26). The van der Waals surface area contributed by atoms with E-state index in [9.17, 15) is 4.79 Å². The molecule has 27 heavy (non-hydrogen) atoms. The lowest BCUT2D eigenvalue weighted by Gasteiger charge is -2.36. The van der Waals surface area contributed by atoms with Crippen molar-refractivity contribution in [3.8, 4) is 11.1 Å². The smallest absolute Gasteiger partial charge is 0.251 e. The highest BCUT2D eigenvalue weighted by atomic mass is 35.5. The number of halogens is 1. The SMILES string of the molecule is O=C(NC1CC1)c1ccc(Cl)c(-c2ccc3c(c2)NOCC32CCCC2)c1. The molecule has 1 heterocycles. The average molecular weight is 383 g/mol. The van der Waals surface area contributed by atoms with Crippen LogP contribution in [0.3, 0.4) is 0 Å². The number of fused-ring (bicyclic) bond motifs is 2. The molecular formula is C22H23ClN2O2. The highest BCUT2D eigenvalue weighted by molar-refractivity contribution is 6.33. The van der Waals surface area contributed by atoms with Gasteiger partial charge in [0.15, 0.2) is 0 Å². The number of anilines is 1. The third kappa shape index (κ3) is 3.11. The Bertz CT molecular complexity index is 901. The molecule has 4 nitrogen and oxygen atoms in total. The van der Waals surface area contributed by atoms with E-state index >= 15 is 0 Å². The number of hydrogen-bond donors (Lipinski definition) is 2. The van der Waals surface area contributed by atoms with Gasteiger partial charge in [0, 0.05) is 27.6 Å². The van der Waals surface area contributed by atoms with E-state index in [0.29, 0.717) is 16.6 Å². The second kappa shape index (κ2) is 6.54. The number of hydrogen-bond acceptors (Lipinski definition) is 3. The number of amides is 1. The van der Waals surface area contributed by atoms with Gasteiger partial charge in [-0.2, -0.15) is 0 Å². The predicted octanol–water partition coefficient (Wildman–Crippen LogP) is 5.07. The largest absolute Gasteiger partial charge is 0.349 e. The Labute approximate surface area is 164 Å². The molecule has 2 aromatic rings. The summed E-state index contributed by atoms with van der Waals surface area (Å²) in [6.07, 6.45) is 7.02. The zero-order valence-corrected chi connectivity index (χ0v) is 15.9. The van der Waals surface area contributed by atoms with E-state index in [-0.39, 0.29) is 11.3 Å². The highest BCUT2D eigenvalue weighted by Gasteiger charge is 2.40.